The van der Waals surface area contributed by atoms with Crippen LogP contribution in [-0.4, -0.2) is 38.4 Å². The molecule has 4 nitrogen and oxygen atoms in total. The molecule has 0 bridgehead atoms. The lowest BCUT2D eigenvalue weighted by atomic mass is 9.80. The summed E-state index contributed by atoms with van der Waals surface area (Å²) in [4.78, 5) is 11.5. The normalized spacial score (nSPS) is 28.9. The van der Waals surface area contributed by atoms with E-state index in [1.165, 1.54) is 13.5 Å². The van der Waals surface area contributed by atoms with Crippen molar-refractivity contribution >= 4 is 5.97 Å². The summed E-state index contributed by atoms with van der Waals surface area (Å²) in [6.45, 7) is 7.99. The van der Waals surface area contributed by atoms with Gasteiger partial charge in [-0.1, -0.05) is 20.8 Å². The van der Waals surface area contributed by atoms with E-state index in [1.807, 2.05) is 6.92 Å². The predicted octanol–water partition coefficient (Wildman–Crippen LogP) is 2.37. The van der Waals surface area contributed by atoms with Gasteiger partial charge < -0.3 is 14.8 Å². The number of esters is 1. The molecule has 0 aromatic carbocycles. The third-order valence-corrected chi connectivity index (χ3v) is 4.25. The molecular weight excluding hydrogens is 242 g/mol. The maximum absolute atomic E-state index is 11.5. The highest BCUT2D eigenvalue weighted by Crippen LogP contribution is 2.30. The van der Waals surface area contributed by atoms with Crippen molar-refractivity contribution in [2.45, 2.75) is 58.6 Å². The third-order valence-electron chi connectivity index (χ3n) is 4.25. The first-order valence-electron chi connectivity index (χ1n) is 7.51. The van der Waals surface area contributed by atoms with E-state index in [2.05, 4.69) is 19.2 Å². The van der Waals surface area contributed by atoms with Gasteiger partial charge >= 0.3 is 5.97 Å². The van der Waals surface area contributed by atoms with Gasteiger partial charge in [-0.15, -0.1) is 0 Å². The number of ether oxygens (including phenoxy) is 2. The molecule has 0 radical (unpaired) electrons. The fraction of sp³-hybridized carbons (Fsp3) is 0.933. The summed E-state index contributed by atoms with van der Waals surface area (Å²) in [6, 6.07) is -0.241. The molecule has 4 heteroatoms. The van der Waals surface area contributed by atoms with E-state index in [-0.39, 0.29) is 12.0 Å². The Balaban J connectivity index is 2.26. The Hall–Kier alpha value is -0.610. The van der Waals surface area contributed by atoms with Crippen LogP contribution in [0.5, 0.6) is 0 Å². The Kier molecular flexibility index (Phi) is 7.39. The fourth-order valence-electron chi connectivity index (χ4n) is 2.69. The molecular formula is C15H29NO3. The lowest BCUT2D eigenvalue weighted by molar-refractivity contribution is -0.143. The summed E-state index contributed by atoms with van der Waals surface area (Å²) in [6.07, 6.45) is 4.59. The molecule has 0 amide bonds. The Morgan fingerprint density at radius 2 is 2.05 bits per heavy atom. The van der Waals surface area contributed by atoms with Crippen molar-refractivity contribution in [2.75, 3.05) is 20.3 Å². The number of likely N-dealkylation sites (N-methyl/N-ethyl adjacent to an activating group) is 1. The number of nitrogens with one attached hydrogen (secondary N) is 1. The van der Waals surface area contributed by atoms with E-state index in [0.29, 0.717) is 19.1 Å². The Bertz CT molecular complexity index is 270. The van der Waals surface area contributed by atoms with Gasteiger partial charge in [0.2, 0.25) is 0 Å². The molecule has 4 unspecified atom stereocenters. The number of rotatable bonds is 7. The van der Waals surface area contributed by atoms with Crippen LogP contribution in [0.15, 0.2) is 0 Å². The molecule has 19 heavy (non-hydrogen) atoms. The first kappa shape index (κ1) is 16.4. The number of carbonyl (C=O) groups excluding carboxylic acids is 1. The van der Waals surface area contributed by atoms with Gasteiger partial charge in [0.25, 0.3) is 0 Å². The van der Waals surface area contributed by atoms with Crippen LogP contribution in [0.1, 0.15) is 46.5 Å². The second kappa shape index (κ2) is 8.54. The van der Waals surface area contributed by atoms with Gasteiger partial charge in [-0.3, -0.25) is 4.79 Å². The monoisotopic (exact) mass is 271 g/mol. The average molecular weight is 271 g/mol. The molecule has 0 aromatic heterocycles. The van der Waals surface area contributed by atoms with Gasteiger partial charge in [0.05, 0.1) is 13.2 Å². The zero-order chi connectivity index (χ0) is 14.3. The SMILES string of the molecule is CCNC(CCOC1CCC(C)C(C)C1)C(=O)OC. The maximum Gasteiger partial charge on any atom is 0.322 e. The molecule has 112 valence electrons. The molecule has 0 spiro atoms. The standard InChI is InChI=1S/C15H29NO3/c1-5-16-14(15(17)18-4)8-9-19-13-7-6-11(2)12(3)10-13/h11-14,16H,5-10H2,1-4H3. The van der Waals surface area contributed by atoms with Crippen molar-refractivity contribution < 1.29 is 14.3 Å². The molecule has 0 aromatic rings. The minimum atomic E-state index is -0.241. The molecule has 1 fully saturated rings. The number of hydrogen-bond acceptors (Lipinski definition) is 4. The molecule has 4 atom stereocenters. The van der Waals surface area contributed by atoms with Crippen LogP contribution in [0.25, 0.3) is 0 Å². The minimum Gasteiger partial charge on any atom is -0.468 e. The van der Waals surface area contributed by atoms with Gasteiger partial charge in [0.1, 0.15) is 6.04 Å². The zero-order valence-corrected chi connectivity index (χ0v) is 12.8. The Morgan fingerprint density at radius 1 is 1.32 bits per heavy atom. The van der Waals surface area contributed by atoms with Crippen molar-refractivity contribution in [1.82, 2.24) is 5.32 Å². The topological polar surface area (TPSA) is 47.6 Å². The quantitative estimate of drug-likeness (QED) is 0.722. The van der Waals surface area contributed by atoms with Crippen LogP contribution in [0, 0.1) is 11.8 Å². The Labute approximate surface area is 117 Å². The van der Waals surface area contributed by atoms with Crippen LogP contribution >= 0.6 is 0 Å². The largest absolute Gasteiger partial charge is 0.468 e. The van der Waals surface area contributed by atoms with Crippen LogP contribution in [0.4, 0.5) is 0 Å². The van der Waals surface area contributed by atoms with Crippen LogP contribution < -0.4 is 5.32 Å². The third kappa shape index (κ3) is 5.49. The van der Waals surface area contributed by atoms with E-state index in [9.17, 15) is 4.79 Å². The van der Waals surface area contributed by atoms with E-state index in [1.54, 1.807) is 0 Å². The minimum absolute atomic E-state index is 0.198. The van der Waals surface area contributed by atoms with Crippen molar-refractivity contribution in [1.29, 1.82) is 0 Å². The van der Waals surface area contributed by atoms with E-state index >= 15 is 0 Å². The van der Waals surface area contributed by atoms with Crippen molar-refractivity contribution in [3.05, 3.63) is 0 Å². The molecule has 0 aliphatic heterocycles. The summed E-state index contributed by atoms with van der Waals surface area (Å²) < 4.78 is 10.7. The first-order chi connectivity index (χ1) is 9.08. The molecule has 1 rings (SSSR count). The van der Waals surface area contributed by atoms with E-state index < -0.39 is 0 Å². The van der Waals surface area contributed by atoms with Gasteiger partial charge in [0.15, 0.2) is 0 Å². The second-order valence-electron chi connectivity index (χ2n) is 5.68. The smallest absolute Gasteiger partial charge is 0.322 e. The van der Waals surface area contributed by atoms with Gasteiger partial charge in [-0.25, -0.2) is 0 Å². The Morgan fingerprint density at radius 3 is 2.63 bits per heavy atom. The van der Waals surface area contributed by atoms with Crippen molar-refractivity contribution in [3.63, 3.8) is 0 Å². The highest BCUT2D eigenvalue weighted by molar-refractivity contribution is 5.75. The average Bonchev–Trinajstić information content (AvgIpc) is 2.41. The molecule has 0 saturated heterocycles. The fourth-order valence-corrected chi connectivity index (χ4v) is 2.69. The summed E-state index contributed by atoms with van der Waals surface area (Å²) in [5, 5.41) is 3.13. The lowest BCUT2D eigenvalue weighted by Gasteiger charge is -2.32. The molecule has 1 aliphatic carbocycles. The highest BCUT2D eigenvalue weighted by atomic mass is 16.5. The molecule has 1 N–H and O–H groups in total. The van der Waals surface area contributed by atoms with Crippen LogP contribution in [0.3, 0.4) is 0 Å². The summed E-state index contributed by atoms with van der Waals surface area (Å²) in [7, 11) is 1.43. The van der Waals surface area contributed by atoms with Gasteiger partial charge in [-0.05, 0) is 44.1 Å². The summed E-state index contributed by atoms with van der Waals surface area (Å²) >= 11 is 0. The number of hydrogen-bond donors (Lipinski definition) is 1. The number of methoxy groups -OCH3 is 1. The first-order valence-corrected chi connectivity index (χ1v) is 7.51. The maximum atomic E-state index is 11.5. The van der Waals surface area contributed by atoms with Crippen molar-refractivity contribution in [3.8, 4) is 0 Å². The lowest BCUT2D eigenvalue weighted by Crippen LogP contribution is -2.39. The number of carbonyl (C=O) groups is 1. The van der Waals surface area contributed by atoms with Crippen molar-refractivity contribution in [2.24, 2.45) is 11.8 Å². The van der Waals surface area contributed by atoms with Crippen LogP contribution in [-0.2, 0) is 14.3 Å². The zero-order valence-electron chi connectivity index (χ0n) is 12.8. The predicted molar refractivity (Wildman–Crippen MR) is 76.0 cm³/mol. The second-order valence-corrected chi connectivity index (χ2v) is 5.68. The van der Waals surface area contributed by atoms with E-state index in [0.717, 1.165) is 31.2 Å². The summed E-state index contributed by atoms with van der Waals surface area (Å²) in [5.41, 5.74) is 0. The molecule has 0 heterocycles. The molecule has 1 aliphatic rings. The van der Waals surface area contributed by atoms with Gasteiger partial charge in [-0.2, -0.15) is 0 Å². The molecule has 1 saturated carbocycles. The van der Waals surface area contributed by atoms with Crippen LogP contribution in [0.2, 0.25) is 0 Å². The summed E-state index contributed by atoms with van der Waals surface area (Å²) in [5.74, 6) is 1.35. The van der Waals surface area contributed by atoms with E-state index in [4.69, 9.17) is 9.47 Å². The highest BCUT2D eigenvalue weighted by Gasteiger charge is 2.25. The van der Waals surface area contributed by atoms with Gasteiger partial charge in [0, 0.05) is 6.61 Å².